The number of fused-ring (bicyclic) bond motifs is 2. The van der Waals surface area contributed by atoms with Crippen LogP contribution < -0.4 is 0 Å². The topological polar surface area (TPSA) is 115 Å². The fourth-order valence-electron chi connectivity index (χ4n) is 4.31. The van der Waals surface area contributed by atoms with Gasteiger partial charge in [-0.05, 0) is 68.7 Å². The fraction of sp³-hybridized carbons (Fsp3) is 0.160. The van der Waals surface area contributed by atoms with Gasteiger partial charge in [-0.1, -0.05) is 72.6 Å². The van der Waals surface area contributed by atoms with Crippen molar-refractivity contribution >= 4 is 38.7 Å². The van der Waals surface area contributed by atoms with E-state index in [4.69, 9.17) is 11.1 Å². The minimum Gasteiger partial charge on any atom is -0.289 e. The van der Waals surface area contributed by atoms with Gasteiger partial charge in [0.15, 0.2) is 5.78 Å². The quantitative estimate of drug-likeness (QED) is 0.133. The zero-order chi connectivity index (χ0) is 22.7. The summed E-state index contributed by atoms with van der Waals surface area (Å²) in [6.07, 6.45) is 1.21. The highest BCUT2D eigenvalue weighted by Gasteiger charge is 2.23. The SMILES string of the molecule is CCc1cc(N=[N+]=[N-])c2ccccc2c1C(=O)c1c(CC)cc(N=[N+]=[N-])c2ccccc12. The molecule has 0 radical (unpaired) electrons. The zero-order valence-electron chi connectivity index (χ0n) is 17.8. The lowest BCUT2D eigenvalue weighted by Crippen LogP contribution is -2.10. The predicted octanol–water partition coefficient (Wildman–Crippen LogP) is 8.23. The molecule has 0 unspecified atom stereocenters. The molecule has 4 rings (SSSR count). The van der Waals surface area contributed by atoms with Crippen LogP contribution in [0.3, 0.4) is 0 Å². The van der Waals surface area contributed by atoms with Gasteiger partial charge in [0, 0.05) is 32.3 Å². The average Bonchev–Trinajstić information content (AvgIpc) is 2.83. The van der Waals surface area contributed by atoms with Crippen molar-refractivity contribution in [3.8, 4) is 0 Å². The molecule has 4 aromatic carbocycles. The van der Waals surface area contributed by atoms with Crippen molar-refractivity contribution in [3.63, 3.8) is 0 Å². The van der Waals surface area contributed by atoms with E-state index >= 15 is 0 Å². The molecule has 156 valence electrons. The molecule has 0 aromatic heterocycles. The van der Waals surface area contributed by atoms with E-state index in [-0.39, 0.29) is 5.78 Å². The molecule has 0 saturated heterocycles. The number of rotatable bonds is 6. The summed E-state index contributed by atoms with van der Waals surface area (Å²) in [6.45, 7) is 3.95. The summed E-state index contributed by atoms with van der Waals surface area (Å²) in [5, 5.41) is 10.7. The van der Waals surface area contributed by atoms with Crippen LogP contribution in [-0.4, -0.2) is 5.78 Å². The monoisotopic (exact) mass is 420 g/mol. The molecule has 0 aliphatic rings. The smallest absolute Gasteiger partial charge is 0.194 e. The summed E-state index contributed by atoms with van der Waals surface area (Å²) >= 11 is 0. The van der Waals surface area contributed by atoms with E-state index in [1.165, 1.54) is 0 Å². The number of carbonyl (C=O) groups excluding carboxylic acids is 1. The molecule has 0 fully saturated rings. The minimum absolute atomic E-state index is 0.0916. The van der Waals surface area contributed by atoms with Crippen LogP contribution in [0.4, 0.5) is 11.4 Å². The van der Waals surface area contributed by atoms with E-state index in [9.17, 15) is 4.79 Å². The highest BCUT2D eigenvalue weighted by atomic mass is 16.1. The number of azide groups is 2. The molecule has 0 aliphatic carbocycles. The Kier molecular flexibility index (Phi) is 5.77. The van der Waals surface area contributed by atoms with Gasteiger partial charge in [0.25, 0.3) is 0 Å². The number of aryl methyl sites for hydroxylation is 2. The van der Waals surface area contributed by atoms with Crippen molar-refractivity contribution in [2.75, 3.05) is 0 Å². The maximum Gasteiger partial charge on any atom is 0.194 e. The van der Waals surface area contributed by atoms with Crippen LogP contribution >= 0.6 is 0 Å². The van der Waals surface area contributed by atoms with Gasteiger partial charge in [-0.3, -0.25) is 4.79 Å². The van der Waals surface area contributed by atoms with Gasteiger partial charge in [-0.15, -0.1) is 0 Å². The number of hydrogen-bond donors (Lipinski definition) is 0. The van der Waals surface area contributed by atoms with Crippen molar-refractivity contribution in [1.82, 2.24) is 0 Å². The third kappa shape index (κ3) is 3.42. The second kappa shape index (κ2) is 8.82. The summed E-state index contributed by atoms with van der Waals surface area (Å²) < 4.78 is 0. The number of ketones is 1. The van der Waals surface area contributed by atoms with Crippen LogP contribution in [0.15, 0.2) is 70.9 Å². The molecule has 0 N–H and O–H groups in total. The van der Waals surface area contributed by atoms with Crippen molar-refractivity contribution in [1.29, 1.82) is 0 Å². The lowest BCUT2D eigenvalue weighted by molar-refractivity contribution is 0.104. The first kappa shape index (κ1) is 20.9. The van der Waals surface area contributed by atoms with Gasteiger partial charge < -0.3 is 0 Å². The second-order valence-corrected chi connectivity index (χ2v) is 7.37. The van der Waals surface area contributed by atoms with E-state index in [1.807, 2.05) is 62.4 Å². The molecule has 0 aliphatic heterocycles. The summed E-state index contributed by atoms with van der Waals surface area (Å²) in [4.78, 5) is 20.1. The Morgan fingerprint density at radius 2 is 1.09 bits per heavy atom. The van der Waals surface area contributed by atoms with Crippen LogP contribution in [-0.2, 0) is 12.8 Å². The predicted molar refractivity (Wildman–Crippen MR) is 128 cm³/mol. The van der Waals surface area contributed by atoms with Crippen molar-refractivity contribution in [2.45, 2.75) is 26.7 Å². The highest BCUT2D eigenvalue weighted by molar-refractivity contribution is 6.24. The first-order chi connectivity index (χ1) is 15.6. The molecule has 4 aromatic rings. The van der Waals surface area contributed by atoms with Crippen LogP contribution in [0.1, 0.15) is 40.9 Å². The molecule has 32 heavy (non-hydrogen) atoms. The standard InChI is InChI=1S/C25H20N6O/c1-3-15-13-21(28-30-26)17-9-5-7-11-19(17)23(15)25(32)24-16(4-2)14-22(29-31-27)18-10-6-8-12-20(18)24/h5-14H,3-4H2,1-2H3. The Labute approximate surface area is 184 Å². The van der Waals surface area contributed by atoms with Gasteiger partial charge in [-0.25, -0.2) is 0 Å². The number of nitrogens with zero attached hydrogens (tertiary/aromatic N) is 6. The third-order valence-electron chi connectivity index (χ3n) is 5.73. The molecule has 0 heterocycles. The Bertz CT molecular complexity index is 1370. The molecule has 0 amide bonds. The van der Waals surface area contributed by atoms with Gasteiger partial charge in [-0.2, -0.15) is 0 Å². The van der Waals surface area contributed by atoms with E-state index in [0.717, 1.165) is 32.7 Å². The highest BCUT2D eigenvalue weighted by Crippen LogP contribution is 2.38. The minimum atomic E-state index is -0.0916. The van der Waals surface area contributed by atoms with Crippen LogP contribution in [0.5, 0.6) is 0 Å². The van der Waals surface area contributed by atoms with Gasteiger partial charge in [0.2, 0.25) is 0 Å². The number of carbonyl (C=O) groups is 1. The van der Waals surface area contributed by atoms with Crippen molar-refractivity contribution in [2.24, 2.45) is 10.2 Å². The average molecular weight is 420 g/mol. The Morgan fingerprint density at radius 3 is 1.44 bits per heavy atom. The molecule has 0 spiro atoms. The summed E-state index contributed by atoms with van der Waals surface area (Å²) in [5.41, 5.74) is 21.9. The van der Waals surface area contributed by atoms with Gasteiger partial charge in [0.05, 0.1) is 0 Å². The Balaban J connectivity index is 2.11. The first-order valence-electron chi connectivity index (χ1n) is 10.4. The van der Waals surface area contributed by atoms with Crippen LogP contribution in [0, 0.1) is 0 Å². The lowest BCUT2D eigenvalue weighted by atomic mass is 9.86. The Morgan fingerprint density at radius 1 is 0.719 bits per heavy atom. The molecule has 0 saturated carbocycles. The maximum absolute atomic E-state index is 14.2. The molecule has 7 heteroatoms. The van der Waals surface area contributed by atoms with Gasteiger partial charge in [0.1, 0.15) is 0 Å². The fourth-order valence-corrected chi connectivity index (χ4v) is 4.31. The van der Waals surface area contributed by atoms with Crippen molar-refractivity contribution in [3.05, 3.63) is 104 Å². The molecular formula is C25H20N6O. The third-order valence-corrected chi connectivity index (χ3v) is 5.73. The van der Waals surface area contributed by atoms with E-state index in [2.05, 4.69) is 20.1 Å². The summed E-state index contributed by atoms with van der Waals surface area (Å²) in [7, 11) is 0. The zero-order valence-corrected chi connectivity index (χ0v) is 17.8. The van der Waals surface area contributed by atoms with Crippen molar-refractivity contribution < 1.29 is 4.79 Å². The maximum atomic E-state index is 14.2. The molecule has 7 nitrogen and oxygen atoms in total. The molecule has 0 bridgehead atoms. The second-order valence-electron chi connectivity index (χ2n) is 7.37. The number of hydrogen-bond acceptors (Lipinski definition) is 3. The van der Waals surface area contributed by atoms with E-state index in [0.29, 0.717) is 35.3 Å². The summed E-state index contributed by atoms with van der Waals surface area (Å²) in [6, 6.07) is 18.6. The van der Waals surface area contributed by atoms with Gasteiger partial charge >= 0.3 is 0 Å². The summed E-state index contributed by atoms with van der Waals surface area (Å²) in [5.74, 6) is -0.0916. The Hall–Kier alpha value is -4.31. The van der Waals surface area contributed by atoms with E-state index in [1.54, 1.807) is 12.1 Å². The van der Waals surface area contributed by atoms with Crippen LogP contribution in [0.25, 0.3) is 42.4 Å². The largest absolute Gasteiger partial charge is 0.289 e. The first-order valence-corrected chi connectivity index (χ1v) is 10.4. The van der Waals surface area contributed by atoms with E-state index < -0.39 is 0 Å². The number of benzene rings is 4. The normalized spacial score (nSPS) is 10.6. The molecular weight excluding hydrogens is 400 g/mol. The lowest BCUT2D eigenvalue weighted by Gasteiger charge is -2.17. The van der Waals surface area contributed by atoms with Crippen LogP contribution in [0.2, 0.25) is 0 Å². The molecule has 0 atom stereocenters.